The topological polar surface area (TPSA) is 19.6 Å². The van der Waals surface area contributed by atoms with Crippen LogP contribution in [0.5, 0.6) is 0 Å². The van der Waals surface area contributed by atoms with Crippen LogP contribution in [-0.2, 0) is 0 Å². The average Bonchev–Trinajstić information content (AvgIpc) is 3.59. The van der Waals surface area contributed by atoms with Crippen molar-refractivity contribution in [2.75, 3.05) is 9.80 Å². The molecule has 0 unspecified atom stereocenters. The summed E-state index contributed by atoms with van der Waals surface area (Å²) in [6.07, 6.45) is 0. The fourth-order valence-electron chi connectivity index (χ4n) is 7.68. The lowest BCUT2D eigenvalue weighted by Gasteiger charge is -2.30. The van der Waals surface area contributed by atoms with Crippen LogP contribution >= 0.6 is 0 Å². The summed E-state index contributed by atoms with van der Waals surface area (Å²) < 4.78 is 7.00. The number of hydrogen-bond donors (Lipinski definition) is 0. The minimum atomic E-state index is 0.831. The molecule has 250 valence electrons. The molecule has 0 amide bonds. The Bertz CT molecular complexity index is 2860. The van der Waals surface area contributed by atoms with E-state index in [0.717, 1.165) is 72.6 Å². The first-order valence-corrected chi connectivity index (χ1v) is 18.0. The second kappa shape index (κ2) is 12.9. The van der Waals surface area contributed by atoms with Crippen LogP contribution in [0, 0.1) is 0 Å². The third-order valence-corrected chi connectivity index (χ3v) is 10.2. The van der Waals surface area contributed by atoms with Gasteiger partial charge in [-0.2, -0.15) is 0 Å². The Morgan fingerprint density at radius 2 is 0.849 bits per heavy atom. The van der Waals surface area contributed by atoms with Gasteiger partial charge in [0.05, 0.1) is 11.4 Å². The van der Waals surface area contributed by atoms with Gasteiger partial charge in [-0.05, 0) is 99.9 Å². The van der Waals surface area contributed by atoms with E-state index in [0.29, 0.717) is 0 Å². The van der Waals surface area contributed by atoms with Gasteiger partial charge in [-0.3, -0.25) is 0 Å². The molecule has 0 spiro atoms. The maximum atomic E-state index is 7.00. The van der Waals surface area contributed by atoms with Crippen LogP contribution in [0.3, 0.4) is 0 Å². The minimum Gasteiger partial charge on any atom is -0.454 e. The first-order chi connectivity index (χ1) is 26.3. The number of anilines is 6. The molecule has 0 aliphatic carbocycles. The molecule has 10 aromatic rings. The number of benzene rings is 9. The van der Waals surface area contributed by atoms with Gasteiger partial charge in [0, 0.05) is 39.1 Å². The number of furan rings is 1. The van der Waals surface area contributed by atoms with Crippen molar-refractivity contribution >= 4 is 77.6 Å². The maximum Gasteiger partial charge on any atom is 0.159 e. The molecule has 3 heteroatoms. The van der Waals surface area contributed by atoms with Gasteiger partial charge in [0.1, 0.15) is 5.58 Å². The highest BCUT2D eigenvalue weighted by molar-refractivity contribution is 6.15. The van der Waals surface area contributed by atoms with E-state index in [4.69, 9.17) is 4.42 Å². The van der Waals surface area contributed by atoms with Gasteiger partial charge < -0.3 is 14.2 Å². The molecule has 0 atom stereocenters. The Hall–Kier alpha value is -7.10. The van der Waals surface area contributed by atoms with Gasteiger partial charge in [0.25, 0.3) is 0 Å². The number of rotatable bonds is 7. The third kappa shape index (κ3) is 5.47. The molecule has 0 aliphatic heterocycles. The monoisotopic (exact) mass is 678 g/mol. The van der Waals surface area contributed by atoms with Crippen LogP contribution in [-0.4, -0.2) is 0 Å². The summed E-state index contributed by atoms with van der Waals surface area (Å²) in [6.45, 7) is 0. The summed E-state index contributed by atoms with van der Waals surface area (Å²) in [7, 11) is 0. The van der Waals surface area contributed by atoms with E-state index in [1.54, 1.807) is 0 Å². The highest BCUT2D eigenvalue weighted by atomic mass is 16.3. The Morgan fingerprint density at radius 1 is 0.321 bits per heavy atom. The third-order valence-electron chi connectivity index (χ3n) is 10.2. The van der Waals surface area contributed by atoms with E-state index >= 15 is 0 Å². The zero-order chi connectivity index (χ0) is 35.1. The number of fused-ring (bicyclic) bond motifs is 5. The molecule has 53 heavy (non-hydrogen) atoms. The van der Waals surface area contributed by atoms with Crippen molar-refractivity contribution in [1.82, 2.24) is 0 Å². The Kier molecular flexibility index (Phi) is 7.47. The molecule has 1 heterocycles. The zero-order valence-electron chi connectivity index (χ0n) is 28.9. The van der Waals surface area contributed by atoms with Crippen molar-refractivity contribution in [1.29, 1.82) is 0 Å². The van der Waals surface area contributed by atoms with Crippen molar-refractivity contribution in [3.8, 4) is 11.1 Å². The first-order valence-electron chi connectivity index (χ1n) is 18.0. The highest BCUT2D eigenvalue weighted by Crippen LogP contribution is 2.49. The van der Waals surface area contributed by atoms with Gasteiger partial charge in [0.2, 0.25) is 0 Å². The number of para-hydroxylation sites is 4. The second-order valence-electron chi connectivity index (χ2n) is 13.4. The van der Waals surface area contributed by atoms with E-state index in [1.165, 1.54) is 16.2 Å². The predicted molar refractivity (Wildman–Crippen MR) is 224 cm³/mol. The Morgan fingerprint density at radius 3 is 1.51 bits per heavy atom. The van der Waals surface area contributed by atoms with E-state index in [9.17, 15) is 0 Å². The number of nitrogens with zero attached hydrogens (tertiary/aromatic N) is 2. The molecule has 0 N–H and O–H groups in total. The smallest absolute Gasteiger partial charge is 0.159 e. The molecular weight excluding hydrogens is 645 g/mol. The summed E-state index contributed by atoms with van der Waals surface area (Å²) in [4.78, 5) is 4.70. The fraction of sp³-hybridized carbons (Fsp3) is 0. The fourth-order valence-corrected chi connectivity index (χ4v) is 7.68. The summed E-state index contributed by atoms with van der Waals surface area (Å²) in [5.41, 5.74) is 10.2. The van der Waals surface area contributed by atoms with Gasteiger partial charge in [-0.15, -0.1) is 0 Å². The summed E-state index contributed by atoms with van der Waals surface area (Å²) in [5.74, 6) is 0. The normalized spacial score (nSPS) is 11.4. The Labute approximate surface area is 308 Å². The summed E-state index contributed by atoms with van der Waals surface area (Å²) in [6, 6.07) is 73.4. The standard InChI is InChI=1S/C50H34N2O/c1-4-20-40(21-5-1)51(41-22-6-2-7-23-41)43-33-46-45-31-37-18-12-13-19-38(37)32-49(45)53-50(46)48(34-43)52(42-24-8-3-9-25-42)47-27-15-14-26-44(47)39-29-28-35-16-10-11-17-36(35)30-39/h1-34H. The van der Waals surface area contributed by atoms with E-state index in [2.05, 4.69) is 216 Å². The van der Waals surface area contributed by atoms with E-state index in [-0.39, 0.29) is 0 Å². The summed E-state index contributed by atoms with van der Waals surface area (Å²) >= 11 is 0. The van der Waals surface area contributed by atoms with Crippen molar-refractivity contribution in [2.24, 2.45) is 0 Å². The molecule has 3 nitrogen and oxygen atoms in total. The van der Waals surface area contributed by atoms with Gasteiger partial charge in [-0.25, -0.2) is 0 Å². The van der Waals surface area contributed by atoms with Crippen LogP contribution < -0.4 is 9.80 Å². The quantitative estimate of drug-likeness (QED) is 0.167. The molecule has 10 rings (SSSR count). The second-order valence-corrected chi connectivity index (χ2v) is 13.4. The highest BCUT2D eigenvalue weighted by Gasteiger charge is 2.25. The molecule has 0 radical (unpaired) electrons. The number of hydrogen-bond acceptors (Lipinski definition) is 3. The van der Waals surface area contributed by atoms with Crippen molar-refractivity contribution < 1.29 is 4.42 Å². The molecule has 1 aromatic heterocycles. The average molecular weight is 679 g/mol. The van der Waals surface area contributed by atoms with Crippen molar-refractivity contribution in [3.63, 3.8) is 0 Å². The molecule has 0 saturated heterocycles. The minimum absolute atomic E-state index is 0.831. The molecular formula is C50H34N2O. The van der Waals surface area contributed by atoms with Gasteiger partial charge in [-0.1, -0.05) is 133 Å². The molecule has 0 fully saturated rings. The van der Waals surface area contributed by atoms with E-state index < -0.39 is 0 Å². The predicted octanol–water partition coefficient (Wildman–Crippen LogP) is 14.5. The molecule has 0 bridgehead atoms. The van der Waals surface area contributed by atoms with Crippen LogP contribution in [0.25, 0.3) is 54.6 Å². The lowest BCUT2D eigenvalue weighted by atomic mass is 9.98. The van der Waals surface area contributed by atoms with Crippen LogP contribution in [0.4, 0.5) is 34.1 Å². The van der Waals surface area contributed by atoms with Crippen LogP contribution in [0.1, 0.15) is 0 Å². The molecule has 9 aromatic carbocycles. The van der Waals surface area contributed by atoms with Crippen LogP contribution in [0.15, 0.2) is 211 Å². The van der Waals surface area contributed by atoms with Gasteiger partial charge in [0.15, 0.2) is 5.58 Å². The van der Waals surface area contributed by atoms with Crippen LogP contribution in [0.2, 0.25) is 0 Å². The molecule has 0 saturated carbocycles. The lowest BCUT2D eigenvalue weighted by molar-refractivity contribution is 0.669. The zero-order valence-corrected chi connectivity index (χ0v) is 28.9. The lowest BCUT2D eigenvalue weighted by Crippen LogP contribution is -2.14. The largest absolute Gasteiger partial charge is 0.454 e. The van der Waals surface area contributed by atoms with Gasteiger partial charge >= 0.3 is 0 Å². The van der Waals surface area contributed by atoms with Crippen molar-refractivity contribution in [3.05, 3.63) is 206 Å². The SMILES string of the molecule is c1ccc(N(c2ccccc2)c2cc(N(c3ccccc3)c3ccccc3-c3ccc4ccccc4c3)c3oc4cc5ccccc5cc4c3c2)cc1. The summed E-state index contributed by atoms with van der Waals surface area (Å²) in [5, 5.41) is 6.90. The Balaban J connectivity index is 1.30. The molecule has 0 aliphatic rings. The maximum absolute atomic E-state index is 7.00. The van der Waals surface area contributed by atoms with E-state index in [1.807, 2.05) is 0 Å². The van der Waals surface area contributed by atoms with Crippen molar-refractivity contribution in [2.45, 2.75) is 0 Å². The first kappa shape index (κ1) is 30.7.